The third kappa shape index (κ3) is 4.08. The van der Waals surface area contributed by atoms with E-state index >= 15 is 0 Å². The number of aliphatic hydroxyl groups excluding tert-OH is 1. The van der Waals surface area contributed by atoms with E-state index in [1.807, 2.05) is 13.8 Å². The zero-order valence-electron chi connectivity index (χ0n) is 17.2. The Morgan fingerprint density at radius 2 is 2.17 bits per heavy atom. The SMILES string of the molecule is CN1CC(C)(C)Oc2cc(-c3nc(N[C@@H]4CCOC[C@H]4O)ncc3F)ccc2C1=O. The zero-order chi connectivity index (χ0) is 21.5. The van der Waals surface area contributed by atoms with Crippen LogP contribution in [-0.4, -0.2) is 70.4 Å². The fourth-order valence-corrected chi connectivity index (χ4v) is 3.81. The second kappa shape index (κ2) is 7.81. The van der Waals surface area contributed by atoms with Gasteiger partial charge >= 0.3 is 0 Å². The van der Waals surface area contributed by atoms with Crippen LogP contribution in [0.4, 0.5) is 10.3 Å². The molecule has 1 amide bonds. The molecule has 2 N–H and O–H groups in total. The molecule has 160 valence electrons. The van der Waals surface area contributed by atoms with E-state index in [9.17, 15) is 14.3 Å². The van der Waals surface area contributed by atoms with Gasteiger partial charge in [-0.1, -0.05) is 6.07 Å². The summed E-state index contributed by atoms with van der Waals surface area (Å²) in [6.07, 6.45) is 0.988. The summed E-state index contributed by atoms with van der Waals surface area (Å²) in [5, 5.41) is 13.1. The molecular formula is C21H25FN4O4. The molecule has 8 nitrogen and oxygen atoms in total. The third-order valence-electron chi connectivity index (χ3n) is 5.22. The Labute approximate surface area is 174 Å². The van der Waals surface area contributed by atoms with Crippen LogP contribution >= 0.6 is 0 Å². The smallest absolute Gasteiger partial charge is 0.257 e. The van der Waals surface area contributed by atoms with Crippen molar-refractivity contribution in [2.45, 2.75) is 38.0 Å². The van der Waals surface area contributed by atoms with Crippen molar-refractivity contribution in [3.8, 4) is 17.0 Å². The van der Waals surface area contributed by atoms with Gasteiger partial charge < -0.3 is 24.8 Å². The average Bonchev–Trinajstić information content (AvgIpc) is 2.78. The third-order valence-corrected chi connectivity index (χ3v) is 5.22. The number of halogens is 1. The standard InChI is InChI=1S/C21H25FN4O4/c1-21(2)11-26(3)19(28)13-5-4-12(8-17(13)30-21)18-14(22)9-23-20(25-18)24-15-6-7-29-10-16(15)27/h4-5,8-9,15-16,27H,6-7,10-11H2,1-3H3,(H,23,24,25)/t15-,16-/m1/s1. The number of carbonyl (C=O) groups excluding carboxylic acids is 1. The van der Waals surface area contributed by atoms with Gasteiger partial charge in [0.15, 0.2) is 5.82 Å². The van der Waals surface area contributed by atoms with E-state index in [0.717, 1.165) is 6.20 Å². The fourth-order valence-electron chi connectivity index (χ4n) is 3.81. The molecule has 30 heavy (non-hydrogen) atoms. The summed E-state index contributed by atoms with van der Waals surface area (Å²) >= 11 is 0. The molecule has 0 bridgehead atoms. The zero-order valence-corrected chi connectivity index (χ0v) is 17.2. The molecule has 2 aliphatic heterocycles. The van der Waals surface area contributed by atoms with Crippen LogP contribution < -0.4 is 10.1 Å². The van der Waals surface area contributed by atoms with Gasteiger partial charge in [0.05, 0.1) is 37.1 Å². The van der Waals surface area contributed by atoms with Crippen molar-refractivity contribution in [3.05, 3.63) is 35.8 Å². The number of amides is 1. The largest absolute Gasteiger partial charge is 0.485 e. The highest BCUT2D eigenvalue weighted by Gasteiger charge is 2.32. The number of aliphatic hydroxyl groups is 1. The van der Waals surface area contributed by atoms with E-state index in [1.165, 1.54) is 0 Å². The van der Waals surface area contributed by atoms with Gasteiger partial charge in [-0.3, -0.25) is 4.79 Å². The van der Waals surface area contributed by atoms with E-state index in [-0.39, 0.29) is 30.2 Å². The lowest BCUT2D eigenvalue weighted by Crippen LogP contribution is -2.42. The molecule has 2 atom stereocenters. The minimum atomic E-state index is -0.693. The summed E-state index contributed by atoms with van der Waals surface area (Å²) in [5.74, 6) is -0.144. The van der Waals surface area contributed by atoms with Crippen molar-refractivity contribution >= 4 is 11.9 Å². The molecule has 2 aromatic rings. The molecule has 1 fully saturated rings. The topological polar surface area (TPSA) is 96.8 Å². The number of likely N-dealkylation sites (N-methyl/N-ethyl adjacent to an activating group) is 1. The van der Waals surface area contributed by atoms with Gasteiger partial charge in [-0.2, -0.15) is 0 Å². The van der Waals surface area contributed by atoms with Crippen LogP contribution in [0.2, 0.25) is 0 Å². The van der Waals surface area contributed by atoms with Crippen LogP contribution in [0.3, 0.4) is 0 Å². The molecule has 0 aliphatic carbocycles. The van der Waals surface area contributed by atoms with Crippen LogP contribution in [-0.2, 0) is 4.74 Å². The minimum absolute atomic E-state index is 0.0864. The number of carbonyl (C=O) groups is 1. The molecule has 0 unspecified atom stereocenters. The maximum atomic E-state index is 14.6. The van der Waals surface area contributed by atoms with Crippen molar-refractivity contribution in [3.63, 3.8) is 0 Å². The average molecular weight is 416 g/mol. The number of benzene rings is 1. The second-order valence-electron chi connectivity index (χ2n) is 8.31. The van der Waals surface area contributed by atoms with E-state index < -0.39 is 17.5 Å². The molecule has 1 saturated heterocycles. The lowest BCUT2D eigenvalue weighted by molar-refractivity contribution is -0.0136. The monoisotopic (exact) mass is 416 g/mol. The lowest BCUT2D eigenvalue weighted by Gasteiger charge is -2.28. The highest BCUT2D eigenvalue weighted by atomic mass is 19.1. The van der Waals surface area contributed by atoms with E-state index in [0.29, 0.717) is 36.4 Å². The predicted molar refractivity (Wildman–Crippen MR) is 108 cm³/mol. The molecule has 0 radical (unpaired) electrons. The Balaban J connectivity index is 1.67. The lowest BCUT2D eigenvalue weighted by atomic mass is 10.1. The maximum absolute atomic E-state index is 14.6. The van der Waals surface area contributed by atoms with Gasteiger partial charge in [-0.05, 0) is 32.4 Å². The predicted octanol–water partition coefficient (Wildman–Crippen LogP) is 2.09. The summed E-state index contributed by atoms with van der Waals surface area (Å²) < 4.78 is 25.9. The second-order valence-corrected chi connectivity index (χ2v) is 8.31. The molecule has 0 spiro atoms. The van der Waals surface area contributed by atoms with Crippen LogP contribution in [0.15, 0.2) is 24.4 Å². The van der Waals surface area contributed by atoms with Gasteiger partial charge in [0, 0.05) is 19.2 Å². The van der Waals surface area contributed by atoms with Crippen LogP contribution in [0.5, 0.6) is 5.75 Å². The van der Waals surface area contributed by atoms with Crippen LogP contribution in [0.25, 0.3) is 11.3 Å². The van der Waals surface area contributed by atoms with Crippen molar-refractivity contribution in [2.75, 3.05) is 32.1 Å². The van der Waals surface area contributed by atoms with Crippen LogP contribution in [0, 0.1) is 5.82 Å². The number of hydrogen-bond acceptors (Lipinski definition) is 7. The van der Waals surface area contributed by atoms with Gasteiger partial charge in [0.2, 0.25) is 5.95 Å². The molecule has 9 heteroatoms. The number of ether oxygens (including phenoxy) is 2. The highest BCUT2D eigenvalue weighted by Crippen LogP contribution is 2.33. The first kappa shape index (κ1) is 20.5. The van der Waals surface area contributed by atoms with Crippen molar-refractivity contribution < 1.29 is 23.8 Å². The number of hydrogen-bond donors (Lipinski definition) is 2. The van der Waals surface area contributed by atoms with Crippen LogP contribution in [0.1, 0.15) is 30.6 Å². The maximum Gasteiger partial charge on any atom is 0.257 e. The number of nitrogens with zero attached hydrogens (tertiary/aromatic N) is 3. The molecule has 3 heterocycles. The summed E-state index contributed by atoms with van der Waals surface area (Å²) in [6, 6.07) is 4.63. The van der Waals surface area contributed by atoms with Gasteiger partial charge in [-0.25, -0.2) is 14.4 Å². The van der Waals surface area contributed by atoms with E-state index in [2.05, 4.69) is 15.3 Å². The van der Waals surface area contributed by atoms with Gasteiger partial charge in [0.25, 0.3) is 5.91 Å². The van der Waals surface area contributed by atoms with Crippen molar-refractivity contribution in [1.29, 1.82) is 0 Å². The Hall–Kier alpha value is -2.78. The van der Waals surface area contributed by atoms with Crippen molar-refractivity contribution in [2.24, 2.45) is 0 Å². The highest BCUT2D eigenvalue weighted by molar-refractivity contribution is 5.98. The number of rotatable bonds is 3. The van der Waals surface area contributed by atoms with Crippen molar-refractivity contribution in [1.82, 2.24) is 14.9 Å². The Bertz CT molecular complexity index is 968. The molecule has 2 aliphatic rings. The van der Waals surface area contributed by atoms with E-state index in [1.54, 1.807) is 30.1 Å². The Kier molecular flexibility index (Phi) is 5.33. The molecular weight excluding hydrogens is 391 g/mol. The normalized spacial score (nSPS) is 23.4. The first-order chi connectivity index (χ1) is 14.2. The number of anilines is 1. The summed E-state index contributed by atoms with van der Waals surface area (Å²) in [4.78, 5) is 22.6. The first-order valence-corrected chi connectivity index (χ1v) is 9.87. The first-order valence-electron chi connectivity index (χ1n) is 9.87. The van der Waals surface area contributed by atoms with Gasteiger partial charge in [-0.15, -0.1) is 0 Å². The fraction of sp³-hybridized carbons (Fsp3) is 0.476. The summed E-state index contributed by atoms with van der Waals surface area (Å²) in [7, 11) is 1.73. The molecule has 1 aromatic heterocycles. The minimum Gasteiger partial charge on any atom is -0.485 e. The van der Waals surface area contributed by atoms with E-state index in [4.69, 9.17) is 9.47 Å². The number of aromatic nitrogens is 2. The van der Waals surface area contributed by atoms with Gasteiger partial charge in [0.1, 0.15) is 17.0 Å². The Morgan fingerprint density at radius 3 is 2.93 bits per heavy atom. The Morgan fingerprint density at radius 1 is 1.37 bits per heavy atom. The summed E-state index contributed by atoms with van der Waals surface area (Å²) in [5.41, 5.74) is 0.385. The summed E-state index contributed by atoms with van der Waals surface area (Å²) in [6.45, 7) is 4.96. The molecule has 1 aromatic carbocycles. The molecule has 0 saturated carbocycles. The quantitative estimate of drug-likeness (QED) is 0.791. The number of fused-ring (bicyclic) bond motifs is 1. The number of nitrogens with one attached hydrogen (secondary N) is 1. The molecule has 4 rings (SSSR count).